The Labute approximate surface area is 130 Å². The lowest BCUT2D eigenvalue weighted by Crippen LogP contribution is -2.18. The number of rotatable bonds is 3. The molecule has 1 atom stereocenters. The smallest absolute Gasteiger partial charge is 0.128 e. The average Bonchev–Trinajstić information content (AvgIpc) is 2.99. The van der Waals surface area contributed by atoms with Crippen molar-refractivity contribution in [3.8, 4) is 5.69 Å². The highest BCUT2D eigenvalue weighted by atomic mass is 79.9. The van der Waals surface area contributed by atoms with Crippen molar-refractivity contribution in [1.29, 1.82) is 0 Å². The fourth-order valence-electron chi connectivity index (χ4n) is 2.25. The molecule has 3 rings (SSSR count). The minimum Gasteiger partial charge on any atom is -0.319 e. The number of nitrogens with two attached hydrogens (primary N) is 1. The molecule has 0 saturated heterocycles. The van der Waals surface area contributed by atoms with E-state index < -0.39 is 6.04 Å². The van der Waals surface area contributed by atoms with Crippen molar-refractivity contribution >= 4 is 15.9 Å². The molecule has 2 N–H and O–H groups in total. The van der Waals surface area contributed by atoms with Crippen molar-refractivity contribution < 1.29 is 4.39 Å². The summed E-state index contributed by atoms with van der Waals surface area (Å²) in [5.74, 6) is -0.327. The number of hydrogen-bond donors (Lipinski definition) is 1. The first-order chi connectivity index (χ1) is 10.2. The van der Waals surface area contributed by atoms with E-state index in [-0.39, 0.29) is 5.82 Å². The first-order valence-electron chi connectivity index (χ1n) is 6.46. The largest absolute Gasteiger partial charge is 0.319 e. The summed E-state index contributed by atoms with van der Waals surface area (Å²) in [6.07, 6.45) is 1.66. The Morgan fingerprint density at radius 3 is 2.62 bits per heavy atom. The van der Waals surface area contributed by atoms with E-state index in [1.165, 1.54) is 6.07 Å². The highest BCUT2D eigenvalue weighted by Crippen LogP contribution is 2.26. The summed E-state index contributed by atoms with van der Waals surface area (Å²) in [4.78, 5) is 0. The van der Waals surface area contributed by atoms with Gasteiger partial charge in [0.15, 0.2) is 0 Å². The molecule has 3 aromatic rings. The Balaban J connectivity index is 2.06. The molecule has 21 heavy (non-hydrogen) atoms. The number of benzene rings is 2. The lowest BCUT2D eigenvalue weighted by molar-refractivity contribution is 0.592. The zero-order valence-corrected chi connectivity index (χ0v) is 12.7. The predicted molar refractivity (Wildman–Crippen MR) is 83.7 cm³/mol. The third kappa shape index (κ3) is 2.75. The van der Waals surface area contributed by atoms with Crippen molar-refractivity contribution in [2.75, 3.05) is 0 Å². The van der Waals surface area contributed by atoms with Gasteiger partial charge in [-0.3, -0.25) is 0 Å². The van der Waals surface area contributed by atoms with Crippen LogP contribution in [0.1, 0.15) is 17.3 Å². The van der Waals surface area contributed by atoms with Crippen LogP contribution in [0.25, 0.3) is 5.69 Å². The second-order valence-electron chi connectivity index (χ2n) is 4.65. The standard InChI is InChI=1S/C16H13BrFN3/c17-11-6-7-14(18)13(10-11)16(19)15-8-9-20-21(15)12-4-2-1-3-5-12/h1-10,16H,19H2. The summed E-state index contributed by atoms with van der Waals surface area (Å²) < 4.78 is 16.5. The van der Waals surface area contributed by atoms with Gasteiger partial charge in [0.05, 0.1) is 17.4 Å². The van der Waals surface area contributed by atoms with E-state index in [2.05, 4.69) is 21.0 Å². The van der Waals surface area contributed by atoms with E-state index in [0.717, 1.165) is 15.9 Å². The molecule has 5 heteroatoms. The molecule has 0 aliphatic carbocycles. The van der Waals surface area contributed by atoms with E-state index in [4.69, 9.17) is 5.73 Å². The van der Waals surface area contributed by atoms with Crippen LogP contribution < -0.4 is 5.73 Å². The third-order valence-electron chi connectivity index (χ3n) is 3.28. The minimum absolute atomic E-state index is 0.327. The lowest BCUT2D eigenvalue weighted by atomic mass is 10.0. The number of aromatic nitrogens is 2. The van der Waals surface area contributed by atoms with Crippen LogP contribution in [0.15, 0.2) is 65.3 Å². The van der Waals surface area contributed by atoms with Crippen LogP contribution >= 0.6 is 15.9 Å². The SMILES string of the molecule is NC(c1cc(Br)ccc1F)c1ccnn1-c1ccccc1. The summed E-state index contributed by atoms with van der Waals surface area (Å²) in [7, 11) is 0. The van der Waals surface area contributed by atoms with E-state index in [0.29, 0.717) is 5.56 Å². The summed E-state index contributed by atoms with van der Waals surface area (Å²) in [6.45, 7) is 0. The molecule has 0 amide bonds. The molecular formula is C16H13BrFN3. The molecule has 3 nitrogen and oxygen atoms in total. The molecule has 0 saturated carbocycles. The Kier molecular flexibility index (Phi) is 3.86. The monoisotopic (exact) mass is 345 g/mol. The van der Waals surface area contributed by atoms with E-state index in [1.807, 2.05) is 30.3 Å². The molecule has 0 bridgehead atoms. The van der Waals surface area contributed by atoms with Gasteiger partial charge in [-0.15, -0.1) is 0 Å². The van der Waals surface area contributed by atoms with Crippen LogP contribution in [-0.2, 0) is 0 Å². The first-order valence-corrected chi connectivity index (χ1v) is 7.26. The molecule has 0 spiro atoms. The van der Waals surface area contributed by atoms with Crippen molar-refractivity contribution in [3.63, 3.8) is 0 Å². The number of nitrogens with zero attached hydrogens (tertiary/aromatic N) is 2. The van der Waals surface area contributed by atoms with Crippen LogP contribution in [0.5, 0.6) is 0 Å². The minimum atomic E-state index is -0.592. The van der Waals surface area contributed by atoms with Crippen molar-refractivity contribution in [1.82, 2.24) is 9.78 Å². The fourth-order valence-corrected chi connectivity index (χ4v) is 2.63. The maximum atomic E-state index is 14.0. The van der Waals surface area contributed by atoms with Crippen LogP contribution in [-0.4, -0.2) is 9.78 Å². The van der Waals surface area contributed by atoms with Gasteiger partial charge in [-0.2, -0.15) is 5.10 Å². The average molecular weight is 346 g/mol. The number of para-hydroxylation sites is 1. The molecule has 106 valence electrons. The third-order valence-corrected chi connectivity index (χ3v) is 3.78. The second-order valence-corrected chi connectivity index (χ2v) is 5.56. The summed E-state index contributed by atoms with van der Waals surface area (Å²) in [5.41, 5.74) is 8.31. The molecule has 0 fully saturated rings. The predicted octanol–water partition coefficient (Wildman–Crippen LogP) is 3.82. The van der Waals surface area contributed by atoms with Gasteiger partial charge in [-0.1, -0.05) is 34.1 Å². The van der Waals surface area contributed by atoms with Gasteiger partial charge < -0.3 is 5.73 Å². The van der Waals surface area contributed by atoms with Gasteiger partial charge in [0.1, 0.15) is 5.82 Å². The van der Waals surface area contributed by atoms with E-state index in [9.17, 15) is 4.39 Å². The molecule has 1 aromatic heterocycles. The molecule has 0 radical (unpaired) electrons. The van der Waals surface area contributed by atoms with Crippen LogP contribution in [0.2, 0.25) is 0 Å². The normalized spacial score (nSPS) is 12.3. The Bertz CT molecular complexity index is 755. The highest BCUT2D eigenvalue weighted by Gasteiger charge is 2.18. The lowest BCUT2D eigenvalue weighted by Gasteiger charge is -2.15. The zero-order valence-electron chi connectivity index (χ0n) is 11.1. The van der Waals surface area contributed by atoms with Crippen LogP contribution in [0.4, 0.5) is 4.39 Å². The maximum absolute atomic E-state index is 14.0. The van der Waals surface area contributed by atoms with Gasteiger partial charge in [-0.25, -0.2) is 9.07 Å². The molecule has 0 aliphatic rings. The van der Waals surface area contributed by atoms with E-state index >= 15 is 0 Å². The van der Waals surface area contributed by atoms with Gasteiger partial charge in [0.2, 0.25) is 0 Å². The Morgan fingerprint density at radius 1 is 1.10 bits per heavy atom. The van der Waals surface area contributed by atoms with Crippen LogP contribution in [0, 0.1) is 5.82 Å². The van der Waals surface area contributed by atoms with Gasteiger partial charge in [0, 0.05) is 16.2 Å². The van der Waals surface area contributed by atoms with Crippen molar-refractivity contribution in [2.24, 2.45) is 5.73 Å². The topological polar surface area (TPSA) is 43.8 Å². The Hall–Kier alpha value is -1.98. The van der Waals surface area contributed by atoms with Gasteiger partial charge >= 0.3 is 0 Å². The number of halogens is 2. The van der Waals surface area contributed by atoms with E-state index in [1.54, 1.807) is 29.1 Å². The molecule has 0 aliphatic heterocycles. The van der Waals surface area contributed by atoms with Gasteiger partial charge in [0.25, 0.3) is 0 Å². The second kappa shape index (κ2) is 5.79. The Morgan fingerprint density at radius 2 is 1.86 bits per heavy atom. The summed E-state index contributed by atoms with van der Waals surface area (Å²) in [6, 6.07) is 15.6. The van der Waals surface area contributed by atoms with Crippen molar-refractivity contribution in [3.05, 3.63) is 82.3 Å². The van der Waals surface area contributed by atoms with Gasteiger partial charge in [-0.05, 0) is 36.4 Å². The number of hydrogen-bond acceptors (Lipinski definition) is 2. The summed E-state index contributed by atoms with van der Waals surface area (Å²) in [5, 5.41) is 4.29. The van der Waals surface area contributed by atoms with Crippen molar-refractivity contribution in [2.45, 2.75) is 6.04 Å². The molecular weight excluding hydrogens is 333 g/mol. The summed E-state index contributed by atoms with van der Waals surface area (Å²) >= 11 is 3.35. The van der Waals surface area contributed by atoms with Crippen LogP contribution in [0.3, 0.4) is 0 Å². The maximum Gasteiger partial charge on any atom is 0.128 e. The molecule has 2 aromatic carbocycles. The zero-order chi connectivity index (χ0) is 14.8. The first kappa shape index (κ1) is 14.0. The fraction of sp³-hybridized carbons (Fsp3) is 0.0625. The highest BCUT2D eigenvalue weighted by molar-refractivity contribution is 9.10. The molecule has 1 unspecified atom stereocenters. The molecule has 1 heterocycles. The quantitative estimate of drug-likeness (QED) is 0.784.